The standard InChI is InChI=1S/C15H15N5OS/c1-10-2-5-12(6-3-10)17-14(21)9-22-15-19-18-13-7-4-11(16)8-20(13)15/h2-8H,9,16H2,1H3,(H,17,21). The minimum absolute atomic E-state index is 0.0884. The molecule has 0 fully saturated rings. The van der Waals surface area contributed by atoms with Crippen LogP contribution in [0.2, 0.25) is 0 Å². The van der Waals surface area contributed by atoms with Crippen LogP contribution < -0.4 is 11.1 Å². The molecule has 22 heavy (non-hydrogen) atoms. The van der Waals surface area contributed by atoms with Crippen LogP contribution in [0, 0.1) is 6.92 Å². The first kappa shape index (κ1) is 14.4. The van der Waals surface area contributed by atoms with E-state index in [1.807, 2.05) is 31.2 Å². The minimum atomic E-state index is -0.0884. The summed E-state index contributed by atoms with van der Waals surface area (Å²) in [5.74, 6) is 0.165. The van der Waals surface area contributed by atoms with Gasteiger partial charge in [0.1, 0.15) is 0 Å². The number of fused-ring (bicyclic) bond motifs is 1. The lowest BCUT2D eigenvalue weighted by Gasteiger charge is -2.05. The molecule has 0 radical (unpaired) electrons. The molecule has 1 aromatic carbocycles. The zero-order chi connectivity index (χ0) is 15.5. The lowest BCUT2D eigenvalue weighted by molar-refractivity contribution is -0.113. The van der Waals surface area contributed by atoms with Gasteiger partial charge in [-0.2, -0.15) is 0 Å². The molecule has 0 unspecified atom stereocenters. The van der Waals surface area contributed by atoms with Crippen LogP contribution in [0.3, 0.4) is 0 Å². The number of nitrogens with two attached hydrogens (primary N) is 1. The third kappa shape index (κ3) is 3.20. The number of amides is 1. The molecule has 0 saturated carbocycles. The summed E-state index contributed by atoms with van der Waals surface area (Å²) in [6.07, 6.45) is 1.75. The number of rotatable bonds is 4. The molecule has 0 spiro atoms. The van der Waals surface area contributed by atoms with Crippen molar-refractivity contribution in [2.75, 3.05) is 16.8 Å². The van der Waals surface area contributed by atoms with Gasteiger partial charge in [0.25, 0.3) is 0 Å². The van der Waals surface area contributed by atoms with Crippen molar-refractivity contribution < 1.29 is 4.79 Å². The second kappa shape index (κ2) is 6.07. The van der Waals surface area contributed by atoms with Crippen LogP contribution in [0.15, 0.2) is 47.8 Å². The van der Waals surface area contributed by atoms with Crippen molar-refractivity contribution in [1.29, 1.82) is 0 Å². The second-order valence-electron chi connectivity index (χ2n) is 4.88. The minimum Gasteiger partial charge on any atom is -0.398 e. The van der Waals surface area contributed by atoms with Gasteiger partial charge in [-0.05, 0) is 31.2 Å². The van der Waals surface area contributed by atoms with E-state index in [9.17, 15) is 4.79 Å². The summed E-state index contributed by atoms with van der Waals surface area (Å²) in [7, 11) is 0. The molecule has 0 bridgehead atoms. The van der Waals surface area contributed by atoms with Crippen molar-refractivity contribution in [2.24, 2.45) is 0 Å². The van der Waals surface area contributed by atoms with Gasteiger partial charge in [-0.25, -0.2) is 0 Å². The fraction of sp³-hybridized carbons (Fsp3) is 0.133. The van der Waals surface area contributed by atoms with Gasteiger partial charge in [-0.15, -0.1) is 10.2 Å². The number of benzene rings is 1. The van der Waals surface area contributed by atoms with E-state index >= 15 is 0 Å². The van der Waals surface area contributed by atoms with Gasteiger partial charge in [-0.3, -0.25) is 9.20 Å². The maximum Gasteiger partial charge on any atom is 0.234 e. The third-order valence-electron chi connectivity index (χ3n) is 3.06. The molecule has 0 aliphatic heterocycles. The molecule has 2 aromatic heterocycles. The Labute approximate surface area is 131 Å². The van der Waals surface area contributed by atoms with Crippen LogP contribution in [-0.2, 0) is 4.79 Å². The van der Waals surface area contributed by atoms with Crippen molar-refractivity contribution in [2.45, 2.75) is 12.1 Å². The zero-order valence-corrected chi connectivity index (χ0v) is 12.8. The molecule has 3 aromatic rings. The fourth-order valence-corrected chi connectivity index (χ4v) is 2.66. The number of hydrogen-bond donors (Lipinski definition) is 2. The summed E-state index contributed by atoms with van der Waals surface area (Å²) < 4.78 is 1.78. The molecule has 112 valence electrons. The van der Waals surface area contributed by atoms with Gasteiger partial charge in [0.05, 0.1) is 5.75 Å². The largest absolute Gasteiger partial charge is 0.398 e. The van der Waals surface area contributed by atoms with Crippen molar-refractivity contribution >= 4 is 34.7 Å². The molecule has 3 rings (SSSR count). The highest BCUT2D eigenvalue weighted by Crippen LogP contribution is 2.18. The molecule has 0 saturated heterocycles. The summed E-state index contributed by atoms with van der Waals surface area (Å²) in [4.78, 5) is 12.0. The maximum absolute atomic E-state index is 12.0. The number of thioether (sulfide) groups is 1. The first-order valence-electron chi connectivity index (χ1n) is 6.71. The number of pyridine rings is 1. The third-order valence-corrected chi connectivity index (χ3v) is 4.00. The smallest absolute Gasteiger partial charge is 0.234 e. The molecular formula is C15H15N5OS. The Kier molecular flexibility index (Phi) is 3.97. The number of carbonyl (C=O) groups is 1. The lowest BCUT2D eigenvalue weighted by atomic mass is 10.2. The molecule has 3 N–H and O–H groups in total. The Morgan fingerprint density at radius 3 is 2.77 bits per heavy atom. The number of carbonyl (C=O) groups excluding carboxylic acids is 1. The number of nitrogen functional groups attached to an aromatic ring is 1. The van der Waals surface area contributed by atoms with E-state index in [1.54, 1.807) is 22.7 Å². The van der Waals surface area contributed by atoms with Gasteiger partial charge < -0.3 is 11.1 Å². The summed E-state index contributed by atoms with van der Waals surface area (Å²) in [5, 5.41) is 11.6. The Hall–Kier alpha value is -2.54. The molecule has 0 aliphatic carbocycles. The molecule has 0 atom stereocenters. The van der Waals surface area contributed by atoms with E-state index in [2.05, 4.69) is 15.5 Å². The highest BCUT2D eigenvalue weighted by molar-refractivity contribution is 7.99. The number of hydrogen-bond acceptors (Lipinski definition) is 5. The Morgan fingerprint density at radius 1 is 1.23 bits per heavy atom. The predicted molar refractivity (Wildman–Crippen MR) is 87.9 cm³/mol. The zero-order valence-electron chi connectivity index (χ0n) is 12.0. The van der Waals surface area contributed by atoms with Gasteiger partial charge in [0, 0.05) is 17.6 Å². The normalized spacial score (nSPS) is 10.8. The van der Waals surface area contributed by atoms with Crippen LogP contribution in [0.25, 0.3) is 5.65 Å². The Bertz CT molecular complexity index is 812. The number of nitrogens with zero attached hydrogens (tertiary/aromatic N) is 3. The first-order chi connectivity index (χ1) is 10.6. The number of aryl methyl sites for hydroxylation is 1. The van der Waals surface area contributed by atoms with E-state index in [4.69, 9.17) is 5.73 Å². The summed E-state index contributed by atoms with van der Waals surface area (Å²) in [6, 6.07) is 11.2. The molecule has 6 nitrogen and oxygen atoms in total. The first-order valence-corrected chi connectivity index (χ1v) is 7.70. The van der Waals surface area contributed by atoms with Crippen molar-refractivity contribution in [3.05, 3.63) is 48.2 Å². The van der Waals surface area contributed by atoms with E-state index in [1.165, 1.54) is 11.8 Å². The van der Waals surface area contributed by atoms with Crippen LogP contribution >= 0.6 is 11.8 Å². The number of anilines is 2. The Morgan fingerprint density at radius 2 is 2.00 bits per heavy atom. The molecule has 7 heteroatoms. The van der Waals surface area contributed by atoms with Crippen molar-refractivity contribution in [3.63, 3.8) is 0 Å². The van der Waals surface area contributed by atoms with Gasteiger partial charge in [-0.1, -0.05) is 29.5 Å². The lowest BCUT2D eigenvalue weighted by Crippen LogP contribution is -2.14. The number of nitrogens with one attached hydrogen (secondary N) is 1. The monoisotopic (exact) mass is 313 g/mol. The van der Waals surface area contributed by atoms with Crippen LogP contribution in [0.4, 0.5) is 11.4 Å². The predicted octanol–water partition coefficient (Wildman–Crippen LogP) is 2.35. The molecule has 2 heterocycles. The highest BCUT2D eigenvalue weighted by Gasteiger charge is 2.09. The van der Waals surface area contributed by atoms with Gasteiger partial charge in [0.15, 0.2) is 10.8 Å². The molecular weight excluding hydrogens is 298 g/mol. The van der Waals surface area contributed by atoms with Crippen molar-refractivity contribution in [3.8, 4) is 0 Å². The Balaban J connectivity index is 1.64. The summed E-state index contributed by atoms with van der Waals surface area (Å²) >= 11 is 1.32. The molecule has 1 amide bonds. The van der Waals surface area contributed by atoms with Crippen molar-refractivity contribution in [1.82, 2.24) is 14.6 Å². The quantitative estimate of drug-likeness (QED) is 0.722. The van der Waals surface area contributed by atoms with Crippen LogP contribution in [0.1, 0.15) is 5.56 Å². The average Bonchev–Trinajstić information content (AvgIpc) is 2.90. The average molecular weight is 313 g/mol. The molecule has 0 aliphatic rings. The SMILES string of the molecule is Cc1ccc(NC(=O)CSc2nnc3ccc(N)cn23)cc1. The van der Waals surface area contributed by atoms with E-state index in [0.29, 0.717) is 16.5 Å². The summed E-state index contributed by atoms with van der Waals surface area (Å²) in [5.41, 5.74) is 9.02. The topological polar surface area (TPSA) is 85.3 Å². The van der Waals surface area contributed by atoms with Crippen LogP contribution in [0.5, 0.6) is 0 Å². The maximum atomic E-state index is 12.0. The van der Waals surface area contributed by atoms with Gasteiger partial charge >= 0.3 is 0 Å². The fourth-order valence-electron chi connectivity index (χ4n) is 1.95. The summed E-state index contributed by atoms with van der Waals surface area (Å²) in [6.45, 7) is 2.00. The van der Waals surface area contributed by atoms with E-state index < -0.39 is 0 Å². The van der Waals surface area contributed by atoms with E-state index in [-0.39, 0.29) is 11.7 Å². The van der Waals surface area contributed by atoms with E-state index in [0.717, 1.165) is 11.3 Å². The highest BCUT2D eigenvalue weighted by atomic mass is 32.2. The second-order valence-corrected chi connectivity index (χ2v) is 5.82. The number of aromatic nitrogens is 3. The van der Waals surface area contributed by atoms with Gasteiger partial charge in [0.2, 0.25) is 5.91 Å². The van der Waals surface area contributed by atoms with Crippen LogP contribution in [-0.4, -0.2) is 26.3 Å².